The molecule has 2 N–H and O–H groups in total. The Morgan fingerprint density at radius 3 is 3.00 bits per heavy atom. The molecule has 1 aliphatic heterocycles. The molecule has 0 aromatic carbocycles. The first-order valence-electron chi connectivity index (χ1n) is 6.01. The zero-order valence-corrected chi connectivity index (χ0v) is 10.6. The standard InChI is InChI=1S/C12H20N2OS/c1-9(7-13)6-12-14-11(8-16-12)10-2-4-15-5-3-10/h8-10H,2-7,13H2,1H3. The molecule has 1 atom stereocenters. The van der Waals surface area contributed by atoms with Gasteiger partial charge in [0, 0.05) is 30.9 Å². The largest absolute Gasteiger partial charge is 0.381 e. The van der Waals surface area contributed by atoms with E-state index in [-0.39, 0.29) is 0 Å². The van der Waals surface area contributed by atoms with Gasteiger partial charge in [-0.1, -0.05) is 6.92 Å². The maximum absolute atomic E-state index is 5.63. The van der Waals surface area contributed by atoms with Gasteiger partial charge in [-0.25, -0.2) is 4.98 Å². The average molecular weight is 240 g/mol. The normalized spacial score (nSPS) is 19.9. The molecule has 0 radical (unpaired) electrons. The predicted octanol–water partition coefficient (Wildman–Crippen LogP) is 2.17. The van der Waals surface area contributed by atoms with Crippen molar-refractivity contribution in [3.8, 4) is 0 Å². The lowest BCUT2D eigenvalue weighted by molar-refractivity contribution is 0.0846. The van der Waals surface area contributed by atoms with E-state index < -0.39 is 0 Å². The third-order valence-corrected chi connectivity index (χ3v) is 4.02. The van der Waals surface area contributed by atoms with Crippen LogP contribution in [0, 0.1) is 5.92 Å². The zero-order valence-electron chi connectivity index (χ0n) is 9.82. The van der Waals surface area contributed by atoms with Crippen LogP contribution in [0.4, 0.5) is 0 Å². The molecule has 1 aromatic rings. The second-order valence-corrected chi connectivity index (χ2v) is 5.54. The van der Waals surface area contributed by atoms with Gasteiger partial charge in [0.05, 0.1) is 10.7 Å². The molecule has 4 heteroatoms. The Morgan fingerprint density at radius 1 is 1.56 bits per heavy atom. The molecule has 0 saturated carbocycles. The summed E-state index contributed by atoms with van der Waals surface area (Å²) in [5.41, 5.74) is 6.90. The maximum Gasteiger partial charge on any atom is 0.0931 e. The fraction of sp³-hybridized carbons (Fsp3) is 0.750. The van der Waals surface area contributed by atoms with Gasteiger partial charge >= 0.3 is 0 Å². The number of aromatic nitrogens is 1. The summed E-state index contributed by atoms with van der Waals surface area (Å²) >= 11 is 1.78. The highest BCUT2D eigenvalue weighted by molar-refractivity contribution is 7.09. The second-order valence-electron chi connectivity index (χ2n) is 4.60. The predicted molar refractivity (Wildman–Crippen MR) is 66.8 cm³/mol. The van der Waals surface area contributed by atoms with E-state index in [4.69, 9.17) is 15.5 Å². The lowest BCUT2D eigenvalue weighted by atomic mass is 9.97. The third kappa shape index (κ3) is 3.03. The van der Waals surface area contributed by atoms with Gasteiger partial charge in [-0.05, 0) is 25.3 Å². The Morgan fingerprint density at radius 2 is 2.31 bits per heavy atom. The van der Waals surface area contributed by atoms with Gasteiger partial charge < -0.3 is 10.5 Å². The van der Waals surface area contributed by atoms with Crippen LogP contribution in [0.1, 0.15) is 36.4 Å². The maximum atomic E-state index is 5.63. The summed E-state index contributed by atoms with van der Waals surface area (Å²) in [5.74, 6) is 1.15. The first-order chi connectivity index (χ1) is 7.79. The minimum Gasteiger partial charge on any atom is -0.381 e. The average Bonchev–Trinajstić information content (AvgIpc) is 2.78. The number of hydrogen-bond donors (Lipinski definition) is 1. The Labute approximate surface area is 101 Å². The molecule has 2 rings (SSSR count). The van der Waals surface area contributed by atoms with E-state index in [9.17, 15) is 0 Å². The summed E-state index contributed by atoms with van der Waals surface area (Å²) in [6.45, 7) is 4.69. The molecular weight excluding hydrogens is 220 g/mol. The molecule has 1 aliphatic rings. The van der Waals surface area contributed by atoms with Gasteiger partial charge in [-0.2, -0.15) is 0 Å². The van der Waals surface area contributed by atoms with Crippen LogP contribution >= 0.6 is 11.3 Å². The topological polar surface area (TPSA) is 48.1 Å². The van der Waals surface area contributed by atoms with Crippen molar-refractivity contribution < 1.29 is 4.74 Å². The molecule has 0 spiro atoms. The van der Waals surface area contributed by atoms with Gasteiger partial charge in [0.1, 0.15) is 0 Å². The van der Waals surface area contributed by atoms with Crippen LogP contribution in [0.15, 0.2) is 5.38 Å². The van der Waals surface area contributed by atoms with E-state index in [1.54, 1.807) is 11.3 Å². The van der Waals surface area contributed by atoms with Gasteiger partial charge in [0.15, 0.2) is 0 Å². The first kappa shape index (κ1) is 12.0. The minimum atomic E-state index is 0.536. The monoisotopic (exact) mass is 240 g/mol. The summed E-state index contributed by atoms with van der Waals surface area (Å²) in [5, 5.41) is 3.45. The number of nitrogens with two attached hydrogens (primary N) is 1. The van der Waals surface area contributed by atoms with Gasteiger partial charge in [-0.15, -0.1) is 11.3 Å². The SMILES string of the molecule is CC(CN)Cc1nc(C2CCOCC2)cs1. The van der Waals surface area contributed by atoms with Gasteiger partial charge in [0.25, 0.3) is 0 Å². The number of rotatable bonds is 4. The Balaban J connectivity index is 1.95. The summed E-state index contributed by atoms with van der Waals surface area (Å²) in [4.78, 5) is 4.73. The van der Waals surface area contributed by atoms with Crippen molar-refractivity contribution >= 4 is 11.3 Å². The molecule has 1 aromatic heterocycles. The van der Waals surface area contributed by atoms with Crippen molar-refractivity contribution in [2.75, 3.05) is 19.8 Å². The molecule has 1 fully saturated rings. The molecule has 16 heavy (non-hydrogen) atoms. The number of nitrogens with zero attached hydrogens (tertiary/aromatic N) is 1. The van der Waals surface area contributed by atoms with Crippen molar-refractivity contribution in [2.45, 2.75) is 32.1 Å². The van der Waals surface area contributed by atoms with Crippen molar-refractivity contribution in [1.82, 2.24) is 4.98 Å². The molecule has 0 aliphatic carbocycles. The molecule has 0 amide bonds. The number of thiazole rings is 1. The highest BCUT2D eigenvalue weighted by Crippen LogP contribution is 2.28. The van der Waals surface area contributed by atoms with E-state index in [0.717, 1.165) is 39.0 Å². The van der Waals surface area contributed by atoms with Crippen molar-refractivity contribution in [3.63, 3.8) is 0 Å². The molecule has 90 valence electrons. The smallest absolute Gasteiger partial charge is 0.0931 e. The van der Waals surface area contributed by atoms with E-state index in [1.807, 2.05) is 0 Å². The van der Waals surface area contributed by atoms with E-state index >= 15 is 0 Å². The Kier molecular flexibility index (Phi) is 4.32. The van der Waals surface area contributed by atoms with Crippen LogP contribution in [0.25, 0.3) is 0 Å². The molecule has 3 nitrogen and oxygen atoms in total. The van der Waals surface area contributed by atoms with Crippen molar-refractivity contribution in [2.24, 2.45) is 11.7 Å². The first-order valence-corrected chi connectivity index (χ1v) is 6.89. The zero-order chi connectivity index (χ0) is 11.4. The van der Waals surface area contributed by atoms with Crippen LogP contribution in [-0.4, -0.2) is 24.7 Å². The minimum absolute atomic E-state index is 0.536. The summed E-state index contributed by atoms with van der Waals surface area (Å²) < 4.78 is 5.37. The van der Waals surface area contributed by atoms with E-state index in [1.165, 1.54) is 10.7 Å². The van der Waals surface area contributed by atoms with E-state index in [2.05, 4.69) is 12.3 Å². The molecular formula is C12H20N2OS. The number of hydrogen-bond acceptors (Lipinski definition) is 4. The molecule has 2 heterocycles. The van der Waals surface area contributed by atoms with Gasteiger partial charge in [-0.3, -0.25) is 0 Å². The third-order valence-electron chi connectivity index (χ3n) is 3.13. The summed E-state index contributed by atoms with van der Waals surface area (Å²) in [7, 11) is 0. The lowest BCUT2D eigenvalue weighted by Crippen LogP contribution is -2.15. The van der Waals surface area contributed by atoms with Crippen LogP contribution < -0.4 is 5.73 Å². The van der Waals surface area contributed by atoms with E-state index in [0.29, 0.717) is 11.8 Å². The highest BCUT2D eigenvalue weighted by Gasteiger charge is 2.18. The summed E-state index contributed by atoms with van der Waals surface area (Å²) in [6.07, 6.45) is 3.26. The Hall–Kier alpha value is -0.450. The van der Waals surface area contributed by atoms with Crippen LogP contribution in [0.2, 0.25) is 0 Å². The van der Waals surface area contributed by atoms with Crippen molar-refractivity contribution in [3.05, 3.63) is 16.1 Å². The fourth-order valence-electron chi connectivity index (χ4n) is 1.98. The second kappa shape index (κ2) is 5.75. The van der Waals surface area contributed by atoms with Crippen molar-refractivity contribution in [1.29, 1.82) is 0 Å². The molecule has 0 bridgehead atoms. The molecule has 1 unspecified atom stereocenters. The lowest BCUT2D eigenvalue weighted by Gasteiger charge is -2.20. The van der Waals surface area contributed by atoms with Crippen LogP contribution in [-0.2, 0) is 11.2 Å². The molecule has 1 saturated heterocycles. The van der Waals surface area contributed by atoms with Crippen LogP contribution in [0.3, 0.4) is 0 Å². The number of ether oxygens (including phenoxy) is 1. The highest BCUT2D eigenvalue weighted by atomic mass is 32.1. The quantitative estimate of drug-likeness (QED) is 0.877. The summed E-state index contributed by atoms with van der Waals surface area (Å²) in [6, 6.07) is 0. The Bertz CT molecular complexity index is 321. The van der Waals surface area contributed by atoms with Crippen LogP contribution in [0.5, 0.6) is 0 Å². The van der Waals surface area contributed by atoms with Gasteiger partial charge in [0.2, 0.25) is 0 Å². The fourth-order valence-corrected chi connectivity index (χ4v) is 3.02.